The fraction of sp³-hybridized carbons (Fsp3) is 0.462. The predicted octanol–water partition coefficient (Wildman–Crippen LogP) is 1.95. The van der Waals surface area contributed by atoms with Crippen LogP contribution in [0.25, 0.3) is 0 Å². The number of benzene rings is 1. The van der Waals surface area contributed by atoms with Gasteiger partial charge in [0.25, 0.3) is 0 Å². The van der Waals surface area contributed by atoms with Crippen molar-refractivity contribution in [3.63, 3.8) is 0 Å². The molecular weight excluding hydrogens is 253 g/mol. The SMILES string of the molecule is CC(CCO)SCC(=O)NCc1ccc(F)cc1. The van der Waals surface area contributed by atoms with Gasteiger partial charge in [-0.3, -0.25) is 4.79 Å². The van der Waals surface area contributed by atoms with Gasteiger partial charge in [-0.25, -0.2) is 4.39 Å². The monoisotopic (exact) mass is 271 g/mol. The number of carbonyl (C=O) groups excluding carboxylic acids is 1. The maximum atomic E-state index is 12.7. The lowest BCUT2D eigenvalue weighted by Gasteiger charge is -2.09. The number of aliphatic hydroxyl groups is 1. The molecule has 0 fully saturated rings. The summed E-state index contributed by atoms with van der Waals surface area (Å²) in [5, 5.41) is 11.8. The molecule has 0 aliphatic heterocycles. The third-order valence-corrected chi connectivity index (χ3v) is 3.67. The van der Waals surface area contributed by atoms with E-state index in [0.29, 0.717) is 18.7 Å². The number of aliphatic hydroxyl groups excluding tert-OH is 1. The molecule has 0 aliphatic carbocycles. The molecule has 18 heavy (non-hydrogen) atoms. The number of rotatable bonds is 7. The quantitative estimate of drug-likeness (QED) is 0.797. The van der Waals surface area contributed by atoms with E-state index in [4.69, 9.17) is 5.11 Å². The zero-order valence-corrected chi connectivity index (χ0v) is 11.2. The summed E-state index contributed by atoms with van der Waals surface area (Å²) in [5.74, 6) is 0.0510. The minimum absolute atomic E-state index is 0.0471. The van der Waals surface area contributed by atoms with Crippen molar-refractivity contribution in [1.29, 1.82) is 0 Å². The summed E-state index contributed by atoms with van der Waals surface area (Å²) in [7, 11) is 0. The summed E-state index contributed by atoms with van der Waals surface area (Å²) in [5.41, 5.74) is 0.873. The van der Waals surface area contributed by atoms with Crippen LogP contribution < -0.4 is 5.32 Å². The summed E-state index contributed by atoms with van der Waals surface area (Å²) >= 11 is 1.51. The molecule has 1 atom stereocenters. The molecule has 2 N–H and O–H groups in total. The van der Waals surface area contributed by atoms with Crippen molar-refractivity contribution in [1.82, 2.24) is 5.32 Å². The van der Waals surface area contributed by atoms with Crippen LogP contribution in [0.4, 0.5) is 4.39 Å². The molecule has 0 saturated carbocycles. The van der Waals surface area contributed by atoms with Gasteiger partial charge in [0.1, 0.15) is 5.82 Å². The molecular formula is C13H18FNO2S. The number of carbonyl (C=O) groups is 1. The van der Waals surface area contributed by atoms with Crippen molar-refractivity contribution in [2.45, 2.75) is 25.1 Å². The average Bonchev–Trinajstić information content (AvgIpc) is 2.36. The van der Waals surface area contributed by atoms with Gasteiger partial charge < -0.3 is 10.4 Å². The third-order valence-electron chi connectivity index (χ3n) is 2.44. The molecule has 0 aromatic heterocycles. The van der Waals surface area contributed by atoms with Crippen LogP contribution in [0.2, 0.25) is 0 Å². The Hall–Kier alpha value is -1.07. The Morgan fingerprint density at radius 2 is 2.11 bits per heavy atom. The molecule has 1 amide bonds. The fourth-order valence-corrected chi connectivity index (χ4v) is 2.15. The predicted molar refractivity (Wildman–Crippen MR) is 71.9 cm³/mol. The minimum Gasteiger partial charge on any atom is -0.396 e. The van der Waals surface area contributed by atoms with Crippen molar-refractivity contribution in [3.05, 3.63) is 35.6 Å². The van der Waals surface area contributed by atoms with Crippen LogP contribution in [0.1, 0.15) is 18.9 Å². The number of nitrogens with one attached hydrogen (secondary N) is 1. The molecule has 1 unspecified atom stereocenters. The van der Waals surface area contributed by atoms with Gasteiger partial charge in [-0.05, 0) is 24.1 Å². The molecule has 1 aromatic carbocycles. The van der Waals surface area contributed by atoms with Crippen molar-refractivity contribution < 1.29 is 14.3 Å². The second kappa shape index (κ2) is 8.11. The molecule has 1 rings (SSSR count). The molecule has 0 radical (unpaired) electrons. The van der Waals surface area contributed by atoms with E-state index >= 15 is 0 Å². The number of amides is 1. The Balaban J connectivity index is 2.22. The van der Waals surface area contributed by atoms with E-state index in [1.54, 1.807) is 12.1 Å². The highest BCUT2D eigenvalue weighted by molar-refractivity contribution is 8.00. The summed E-state index contributed by atoms with van der Waals surface area (Å²) in [4.78, 5) is 11.5. The normalized spacial score (nSPS) is 12.2. The van der Waals surface area contributed by atoms with Crippen LogP contribution in [-0.2, 0) is 11.3 Å². The Bertz CT molecular complexity index is 370. The van der Waals surface area contributed by atoms with Gasteiger partial charge in [0.05, 0.1) is 5.75 Å². The van der Waals surface area contributed by atoms with Crippen LogP contribution >= 0.6 is 11.8 Å². The van der Waals surface area contributed by atoms with Crippen LogP contribution in [0, 0.1) is 5.82 Å². The van der Waals surface area contributed by atoms with Crippen LogP contribution in [0.3, 0.4) is 0 Å². The van der Waals surface area contributed by atoms with Gasteiger partial charge in [0.15, 0.2) is 0 Å². The molecule has 0 spiro atoms. The van der Waals surface area contributed by atoms with Gasteiger partial charge in [-0.1, -0.05) is 19.1 Å². The first kappa shape index (κ1) is 15.0. The highest BCUT2D eigenvalue weighted by Gasteiger charge is 2.06. The van der Waals surface area contributed by atoms with Crippen LogP contribution in [0.15, 0.2) is 24.3 Å². The van der Waals surface area contributed by atoms with Crippen molar-refractivity contribution in [3.8, 4) is 0 Å². The van der Waals surface area contributed by atoms with E-state index < -0.39 is 0 Å². The summed E-state index contributed by atoms with van der Waals surface area (Å²) in [6.07, 6.45) is 0.690. The van der Waals surface area contributed by atoms with Crippen molar-refractivity contribution >= 4 is 17.7 Å². The Kier molecular flexibility index (Phi) is 6.75. The zero-order valence-electron chi connectivity index (χ0n) is 10.4. The third kappa shape index (κ3) is 6.02. The summed E-state index contributed by atoms with van der Waals surface area (Å²) < 4.78 is 12.7. The largest absolute Gasteiger partial charge is 0.396 e. The first-order valence-corrected chi connectivity index (χ1v) is 6.90. The molecule has 1 aromatic rings. The number of thioether (sulfide) groups is 1. The number of hydrogen-bond acceptors (Lipinski definition) is 3. The number of hydrogen-bond donors (Lipinski definition) is 2. The molecule has 0 heterocycles. The summed E-state index contributed by atoms with van der Waals surface area (Å²) in [6.45, 7) is 2.54. The van der Waals surface area contributed by atoms with Gasteiger partial charge in [0.2, 0.25) is 5.91 Å². The maximum Gasteiger partial charge on any atom is 0.230 e. The Morgan fingerprint density at radius 1 is 1.44 bits per heavy atom. The van der Waals surface area contributed by atoms with Gasteiger partial charge in [-0.2, -0.15) is 0 Å². The zero-order chi connectivity index (χ0) is 13.4. The van der Waals surface area contributed by atoms with Crippen molar-refractivity contribution in [2.75, 3.05) is 12.4 Å². The molecule has 0 saturated heterocycles. The van der Waals surface area contributed by atoms with E-state index in [1.165, 1.54) is 23.9 Å². The highest BCUT2D eigenvalue weighted by Crippen LogP contribution is 2.12. The first-order chi connectivity index (χ1) is 8.61. The standard InChI is InChI=1S/C13H18FNO2S/c1-10(6-7-16)18-9-13(17)15-8-11-2-4-12(14)5-3-11/h2-5,10,16H,6-9H2,1H3,(H,15,17). The smallest absolute Gasteiger partial charge is 0.230 e. The molecule has 3 nitrogen and oxygen atoms in total. The average molecular weight is 271 g/mol. The van der Waals surface area contributed by atoms with Crippen molar-refractivity contribution in [2.24, 2.45) is 0 Å². The van der Waals surface area contributed by atoms with Gasteiger partial charge in [0, 0.05) is 18.4 Å². The van der Waals surface area contributed by atoms with Gasteiger partial charge >= 0.3 is 0 Å². The lowest BCUT2D eigenvalue weighted by Crippen LogP contribution is -2.25. The molecule has 0 aliphatic rings. The molecule has 0 bridgehead atoms. The summed E-state index contributed by atoms with van der Waals surface area (Å²) in [6, 6.07) is 6.05. The lowest BCUT2D eigenvalue weighted by molar-refractivity contribution is -0.118. The maximum absolute atomic E-state index is 12.7. The fourth-order valence-electron chi connectivity index (χ4n) is 1.34. The van der Waals surface area contributed by atoms with E-state index in [9.17, 15) is 9.18 Å². The van der Waals surface area contributed by atoms with Crippen LogP contribution in [0.5, 0.6) is 0 Å². The van der Waals surface area contributed by atoms with E-state index in [0.717, 1.165) is 5.56 Å². The highest BCUT2D eigenvalue weighted by atomic mass is 32.2. The van der Waals surface area contributed by atoms with E-state index in [-0.39, 0.29) is 23.6 Å². The first-order valence-electron chi connectivity index (χ1n) is 5.85. The van der Waals surface area contributed by atoms with Crippen LogP contribution in [-0.4, -0.2) is 28.6 Å². The van der Waals surface area contributed by atoms with Gasteiger partial charge in [-0.15, -0.1) is 11.8 Å². The Labute approximate surface area is 111 Å². The topological polar surface area (TPSA) is 49.3 Å². The molecule has 100 valence electrons. The Morgan fingerprint density at radius 3 is 2.72 bits per heavy atom. The van der Waals surface area contributed by atoms with E-state index in [1.807, 2.05) is 6.92 Å². The lowest BCUT2D eigenvalue weighted by atomic mass is 10.2. The second-order valence-corrected chi connectivity index (χ2v) is 5.46. The molecule has 5 heteroatoms. The second-order valence-electron chi connectivity index (χ2n) is 4.04. The van der Waals surface area contributed by atoms with E-state index in [2.05, 4.69) is 5.32 Å². The number of halogens is 1. The minimum atomic E-state index is -0.279.